The predicted molar refractivity (Wildman–Crippen MR) is 46.6 cm³/mol. The highest BCUT2D eigenvalue weighted by Crippen LogP contribution is 2.32. The third-order valence-electron chi connectivity index (χ3n) is 2.60. The van der Waals surface area contributed by atoms with E-state index in [1.807, 2.05) is 0 Å². The molecule has 2 aliphatic rings. The molecule has 2 fully saturated rings. The molecule has 1 atom stereocenters. The Kier molecular flexibility index (Phi) is 2.07. The minimum absolute atomic E-state index is 0.234. The van der Waals surface area contributed by atoms with Crippen molar-refractivity contribution in [3.8, 4) is 0 Å². The van der Waals surface area contributed by atoms with Crippen LogP contribution in [0.2, 0.25) is 0 Å². The molecule has 1 N–H and O–H groups in total. The molecular weight excluding hydrogens is 158 g/mol. The first kappa shape index (κ1) is 7.47. The summed E-state index contributed by atoms with van der Waals surface area (Å²) in [7, 11) is 0. The summed E-state index contributed by atoms with van der Waals surface area (Å²) in [5.41, 5.74) is 0. The van der Waals surface area contributed by atoms with Crippen LogP contribution in [0.4, 0.5) is 0 Å². The molecule has 1 heterocycles. The van der Waals surface area contributed by atoms with Crippen LogP contribution in [-0.2, 0) is 4.79 Å². The van der Waals surface area contributed by atoms with Crippen molar-refractivity contribution in [3.05, 3.63) is 0 Å². The lowest BCUT2D eigenvalue weighted by Gasteiger charge is -2.36. The summed E-state index contributed by atoms with van der Waals surface area (Å²) in [5, 5.41) is 3.06. The lowest BCUT2D eigenvalue weighted by molar-refractivity contribution is -0.119. The summed E-state index contributed by atoms with van der Waals surface area (Å²) in [4.78, 5) is 11.0. The molecule has 0 aromatic heterocycles. The molecule has 0 aromatic rings. The lowest BCUT2D eigenvalue weighted by atomic mass is 9.80. The van der Waals surface area contributed by atoms with Crippen LogP contribution in [-0.4, -0.2) is 23.5 Å². The Morgan fingerprint density at radius 3 is 2.82 bits per heavy atom. The Bertz CT molecular complexity index is 167. The molecule has 1 saturated carbocycles. The minimum Gasteiger partial charge on any atom is -0.352 e. The molecule has 0 spiro atoms. The molecule has 1 amide bonds. The Hall–Kier alpha value is -0.180. The highest BCUT2D eigenvalue weighted by molar-refractivity contribution is 8.00. The van der Waals surface area contributed by atoms with Crippen LogP contribution < -0.4 is 5.32 Å². The highest BCUT2D eigenvalue weighted by atomic mass is 32.2. The fraction of sp³-hybridized carbons (Fsp3) is 0.875. The first-order valence-electron chi connectivity index (χ1n) is 4.23. The second-order valence-electron chi connectivity index (χ2n) is 3.38. The number of carbonyl (C=O) groups excluding carboxylic acids is 1. The minimum atomic E-state index is 0.234. The second-order valence-corrected chi connectivity index (χ2v) is 4.41. The molecule has 0 radical (unpaired) electrons. The van der Waals surface area contributed by atoms with Crippen molar-refractivity contribution in [2.75, 3.05) is 11.5 Å². The molecular formula is C8H13NOS. The highest BCUT2D eigenvalue weighted by Gasteiger charge is 2.30. The van der Waals surface area contributed by atoms with Crippen molar-refractivity contribution in [2.24, 2.45) is 5.92 Å². The predicted octanol–water partition coefficient (Wildman–Crippen LogP) is 1.02. The zero-order valence-corrected chi connectivity index (χ0v) is 7.32. The maximum Gasteiger partial charge on any atom is 0.230 e. The monoisotopic (exact) mass is 171 g/mol. The van der Waals surface area contributed by atoms with Gasteiger partial charge in [-0.3, -0.25) is 4.79 Å². The Labute approximate surface area is 71.1 Å². The van der Waals surface area contributed by atoms with Crippen LogP contribution in [0.1, 0.15) is 19.3 Å². The molecule has 2 rings (SSSR count). The molecule has 1 unspecified atom stereocenters. The largest absolute Gasteiger partial charge is 0.352 e. The first-order chi connectivity index (χ1) is 5.36. The van der Waals surface area contributed by atoms with E-state index in [0.717, 1.165) is 11.7 Å². The summed E-state index contributed by atoms with van der Waals surface area (Å²) in [6.45, 7) is 0. The maximum atomic E-state index is 11.0. The normalized spacial score (nSPS) is 32.7. The van der Waals surface area contributed by atoms with E-state index in [0.29, 0.717) is 11.8 Å². The molecule has 2 nitrogen and oxygen atoms in total. The first-order valence-corrected chi connectivity index (χ1v) is 5.39. The number of nitrogens with one attached hydrogen (secondary N) is 1. The van der Waals surface area contributed by atoms with Gasteiger partial charge in [0.15, 0.2) is 0 Å². The summed E-state index contributed by atoms with van der Waals surface area (Å²) in [5.74, 6) is 2.84. The molecule has 11 heavy (non-hydrogen) atoms. The topological polar surface area (TPSA) is 29.1 Å². The van der Waals surface area contributed by atoms with Crippen LogP contribution in [0, 0.1) is 5.92 Å². The van der Waals surface area contributed by atoms with Crippen molar-refractivity contribution in [3.63, 3.8) is 0 Å². The van der Waals surface area contributed by atoms with E-state index in [9.17, 15) is 4.79 Å². The lowest BCUT2D eigenvalue weighted by Crippen LogP contribution is -2.48. The third kappa shape index (κ3) is 1.53. The Balaban J connectivity index is 1.87. The van der Waals surface area contributed by atoms with Crippen LogP contribution in [0.25, 0.3) is 0 Å². The second kappa shape index (κ2) is 3.05. The van der Waals surface area contributed by atoms with Crippen LogP contribution in [0.3, 0.4) is 0 Å². The van der Waals surface area contributed by atoms with Gasteiger partial charge in [0.2, 0.25) is 5.91 Å². The number of amides is 1. The zero-order chi connectivity index (χ0) is 7.68. The van der Waals surface area contributed by atoms with Crippen molar-refractivity contribution in [2.45, 2.75) is 25.3 Å². The van der Waals surface area contributed by atoms with E-state index in [2.05, 4.69) is 5.32 Å². The summed E-state index contributed by atoms with van der Waals surface area (Å²) < 4.78 is 0. The maximum absolute atomic E-state index is 11.0. The van der Waals surface area contributed by atoms with Gasteiger partial charge in [0.25, 0.3) is 0 Å². The molecule has 0 bridgehead atoms. The van der Waals surface area contributed by atoms with E-state index in [1.54, 1.807) is 11.8 Å². The Morgan fingerprint density at radius 1 is 1.45 bits per heavy atom. The van der Waals surface area contributed by atoms with Crippen molar-refractivity contribution < 1.29 is 4.79 Å². The van der Waals surface area contributed by atoms with Gasteiger partial charge < -0.3 is 5.32 Å². The number of rotatable bonds is 1. The van der Waals surface area contributed by atoms with Gasteiger partial charge in [-0.1, -0.05) is 6.42 Å². The van der Waals surface area contributed by atoms with Crippen LogP contribution >= 0.6 is 11.8 Å². The average Bonchev–Trinajstić information content (AvgIpc) is 1.83. The zero-order valence-electron chi connectivity index (χ0n) is 6.51. The van der Waals surface area contributed by atoms with E-state index in [1.165, 1.54) is 19.3 Å². The van der Waals surface area contributed by atoms with E-state index in [-0.39, 0.29) is 5.91 Å². The van der Waals surface area contributed by atoms with E-state index in [4.69, 9.17) is 0 Å². The van der Waals surface area contributed by atoms with Crippen LogP contribution in [0.5, 0.6) is 0 Å². The van der Waals surface area contributed by atoms with E-state index < -0.39 is 0 Å². The molecule has 62 valence electrons. The SMILES string of the molecule is O=C1CSCC(C2CCC2)N1. The van der Waals surface area contributed by atoms with Gasteiger partial charge in [0, 0.05) is 11.8 Å². The number of thioether (sulfide) groups is 1. The van der Waals surface area contributed by atoms with Gasteiger partial charge in [0.05, 0.1) is 5.75 Å². The van der Waals surface area contributed by atoms with Gasteiger partial charge in [-0.25, -0.2) is 0 Å². The summed E-state index contributed by atoms with van der Waals surface area (Å²) in [6.07, 6.45) is 4.01. The smallest absolute Gasteiger partial charge is 0.230 e. The quantitative estimate of drug-likeness (QED) is 0.638. The number of carbonyl (C=O) groups is 1. The fourth-order valence-corrected chi connectivity index (χ4v) is 2.66. The average molecular weight is 171 g/mol. The Morgan fingerprint density at radius 2 is 2.27 bits per heavy atom. The molecule has 1 aliphatic carbocycles. The molecule has 1 saturated heterocycles. The van der Waals surface area contributed by atoms with Gasteiger partial charge in [-0.15, -0.1) is 11.8 Å². The van der Waals surface area contributed by atoms with Gasteiger partial charge in [-0.05, 0) is 18.8 Å². The van der Waals surface area contributed by atoms with Crippen LogP contribution in [0.15, 0.2) is 0 Å². The van der Waals surface area contributed by atoms with Crippen molar-refractivity contribution >= 4 is 17.7 Å². The summed E-state index contributed by atoms with van der Waals surface area (Å²) in [6, 6.07) is 0.495. The number of hydrogen-bond acceptors (Lipinski definition) is 2. The van der Waals surface area contributed by atoms with Gasteiger partial charge in [-0.2, -0.15) is 0 Å². The standard InChI is InChI=1S/C8H13NOS/c10-8-5-11-4-7(9-8)6-2-1-3-6/h6-7H,1-5H2,(H,9,10). The molecule has 3 heteroatoms. The third-order valence-corrected chi connectivity index (χ3v) is 3.66. The number of hydrogen-bond donors (Lipinski definition) is 1. The van der Waals surface area contributed by atoms with Gasteiger partial charge >= 0.3 is 0 Å². The molecule has 1 aliphatic heterocycles. The van der Waals surface area contributed by atoms with Crippen molar-refractivity contribution in [1.82, 2.24) is 5.32 Å². The van der Waals surface area contributed by atoms with Gasteiger partial charge in [0.1, 0.15) is 0 Å². The van der Waals surface area contributed by atoms with Crippen molar-refractivity contribution in [1.29, 1.82) is 0 Å². The fourth-order valence-electron chi connectivity index (χ4n) is 1.66. The molecule has 0 aromatic carbocycles. The summed E-state index contributed by atoms with van der Waals surface area (Å²) >= 11 is 1.78. The van der Waals surface area contributed by atoms with E-state index >= 15 is 0 Å².